The summed E-state index contributed by atoms with van der Waals surface area (Å²) in [5.41, 5.74) is 7.00. The first-order chi connectivity index (χ1) is 13.5. The zero-order chi connectivity index (χ0) is 20.5. The molecule has 0 bridgehead atoms. The molecule has 2 aromatic rings. The second kappa shape index (κ2) is 10.5. The van der Waals surface area contributed by atoms with Gasteiger partial charge in [0.1, 0.15) is 12.6 Å². The molecular weight excluding hydrogens is 384 g/mol. The van der Waals surface area contributed by atoms with Crippen LogP contribution in [0.15, 0.2) is 42.5 Å². The maximum atomic E-state index is 11.5. The molecule has 0 saturated heterocycles. The van der Waals surface area contributed by atoms with Gasteiger partial charge in [-0.2, -0.15) is 11.8 Å². The number of carbonyl (C=O) groups is 1. The lowest BCUT2D eigenvalue weighted by Crippen LogP contribution is -2.33. The number of nitro benzene ring substituents is 1. The molecule has 0 aromatic heterocycles. The average Bonchev–Trinajstić information content (AvgIpc) is 2.72. The van der Waals surface area contributed by atoms with Gasteiger partial charge in [-0.3, -0.25) is 14.9 Å². The predicted octanol–water partition coefficient (Wildman–Crippen LogP) is 2.92. The Hall–Kier alpha value is -2.78. The van der Waals surface area contributed by atoms with E-state index in [9.17, 15) is 14.9 Å². The van der Waals surface area contributed by atoms with E-state index in [0.717, 1.165) is 5.56 Å². The number of carbonyl (C=O) groups excluding carboxylic acids is 1. The summed E-state index contributed by atoms with van der Waals surface area (Å²) in [5, 5.41) is 11.5. The number of nitro groups is 1. The molecular formula is C19H22N2O6S. The van der Waals surface area contributed by atoms with Gasteiger partial charge < -0.3 is 19.9 Å². The molecule has 8 nitrogen and oxygen atoms in total. The fourth-order valence-corrected chi connectivity index (χ4v) is 3.36. The van der Waals surface area contributed by atoms with Gasteiger partial charge in [0.05, 0.1) is 25.2 Å². The van der Waals surface area contributed by atoms with Crippen LogP contribution < -0.4 is 15.2 Å². The predicted molar refractivity (Wildman–Crippen MR) is 107 cm³/mol. The van der Waals surface area contributed by atoms with Crippen LogP contribution in [0.2, 0.25) is 0 Å². The van der Waals surface area contributed by atoms with Gasteiger partial charge in [0, 0.05) is 17.1 Å². The molecule has 0 saturated carbocycles. The summed E-state index contributed by atoms with van der Waals surface area (Å²) in [7, 11) is 2.73. The van der Waals surface area contributed by atoms with Crippen molar-refractivity contribution < 1.29 is 23.9 Å². The fourth-order valence-electron chi connectivity index (χ4n) is 2.40. The number of hydrogen-bond acceptors (Lipinski definition) is 8. The monoisotopic (exact) mass is 406 g/mol. The van der Waals surface area contributed by atoms with E-state index in [2.05, 4.69) is 4.74 Å². The standard InChI is InChI=1S/C19H22N2O6S/c1-25-17-8-14(11-28-12-15(20)19(22)26-2)16(21(23)24)9-18(17)27-10-13-6-4-3-5-7-13/h3-9,15H,10-12,20H2,1-2H3. The zero-order valence-corrected chi connectivity index (χ0v) is 16.4. The maximum Gasteiger partial charge on any atom is 0.323 e. The molecule has 0 aliphatic rings. The Kier molecular flexibility index (Phi) is 8.09. The van der Waals surface area contributed by atoms with Gasteiger partial charge >= 0.3 is 5.97 Å². The number of rotatable bonds is 10. The highest BCUT2D eigenvalue weighted by molar-refractivity contribution is 7.98. The number of hydrogen-bond donors (Lipinski definition) is 1. The topological polar surface area (TPSA) is 114 Å². The minimum atomic E-state index is -0.788. The number of ether oxygens (including phenoxy) is 3. The lowest BCUT2D eigenvalue weighted by atomic mass is 10.1. The summed E-state index contributed by atoms with van der Waals surface area (Å²) in [5.74, 6) is 0.728. The summed E-state index contributed by atoms with van der Waals surface area (Å²) in [6, 6.07) is 11.6. The third kappa shape index (κ3) is 5.86. The van der Waals surface area contributed by atoms with Crippen LogP contribution in [0.3, 0.4) is 0 Å². The van der Waals surface area contributed by atoms with Crippen molar-refractivity contribution in [2.24, 2.45) is 5.73 Å². The Labute approximate surface area is 167 Å². The highest BCUT2D eigenvalue weighted by Crippen LogP contribution is 2.36. The number of methoxy groups -OCH3 is 2. The summed E-state index contributed by atoms with van der Waals surface area (Å²) in [6.45, 7) is 0.260. The van der Waals surface area contributed by atoms with Crippen LogP contribution in [0.4, 0.5) is 5.69 Å². The van der Waals surface area contributed by atoms with E-state index in [1.165, 1.54) is 32.0 Å². The number of esters is 1. The third-order valence-corrected chi connectivity index (χ3v) is 4.97. The first-order valence-corrected chi connectivity index (χ1v) is 9.55. The molecule has 2 aromatic carbocycles. The zero-order valence-electron chi connectivity index (χ0n) is 15.6. The van der Waals surface area contributed by atoms with Gasteiger partial charge in [-0.15, -0.1) is 0 Å². The minimum absolute atomic E-state index is 0.0806. The number of thioether (sulfide) groups is 1. The van der Waals surface area contributed by atoms with Gasteiger partial charge in [0.15, 0.2) is 11.5 Å². The minimum Gasteiger partial charge on any atom is -0.493 e. The van der Waals surface area contributed by atoms with Crippen LogP contribution in [0.1, 0.15) is 11.1 Å². The van der Waals surface area contributed by atoms with Crippen LogP contribution in [-0.4, -0.2) is 36.9 Å². The van der Waals surface area contributed by atoms with Crippen molar-refractivity contribution in [2.45, 2.75) is 18.4 Å². The van der Waals surface area contributed by atoms with E-state index in [4.69, 9.17) is 15.2 Å². The van der Waals surface area contributed by atoms with E-state index >= 15 is 0 Å². The number of benzene rings is 2. The highest BCUT2D eigenvalue weighted by Gasteiger charge is 2.21. The van der Waals surface area contributed by atoms with E-state index < -0.39 is 16.9 Å². The molecule has 2 rings (SSSR count). The van der Waals surface area contributed by atoms with Crippen molar-refractivity contribution >= 4 is 23.4 Å². The largest absolute Gasteiger partial charge is 0.493 e. The van der Waals surface area contributed by atoms with E-state index in [1.807, 2.05) is 30.3 Å². The third-order valence-electron chi connectivity index (χ3n) is 3.86. The van der Waals surface area contributed by atoms with E-state index in [1.54, 1.807) is 6.07 Å². The molecule has 1 atom stereocenters. The fraction of sp³-hybridized carbons (Fsp3) is 0.316. The SMILES string of the molecule is COC(=O)C(N)CSCc1cc(OC)c(OCc2ccccc2)cc1[N+](=O)[O-]. The molecule has 0 aliphatic heterocycles. The Morgan fingerprint density at radius 3 is 2.54 bits per heavy atom. The van der Waals surface area contributed by atoms with Crippen molar-refractivity contribution in [3.63, 3.8) is 0 Å². The van der Waals surface area contributed by atoms with Gasteiger partial charge in [0.2, 0.25) is 0 Å². The van der Waals surface area contributed by atoms with Crippen molar-refractivity contribution in [3.05, 3.63) is 63.7 Å². The molecule has 2 N–H and O–H groups in total. The van der Waals surface area contributed by atoms with Crippen LogP contribution in [-0.2, 0) is 21.9 Å². The van der Waals surface area contributed by atoms with Crippen LogP contribution in [0, 0.1) is 10.1 Å². The summed E-state index contributed by atoms with van der Waals surface area (Å²) in [4.78, 5) is 22.4. The Bertz CT molecular complexity index is 816. The van der Waals surface area contributed by atoms with Crippen LogP contribution in [0.25, 0.3) is 0 Å². The second-order valence-electron chi connectivity index (χ2n) is 5.81. The number of nitrogens with two attached hydrogens (primary N) is 1. The van der Waals surface area contributed by atoms with Crippen molar-refractivity contribution in [2.75, 3.05) is 20.0 Å². The lowest BCUT2D eigenvalue weighted by molar-refractivity contribution is -0.385. The van der Waals surface area contributed by atoms with Gasteiger partial charge in [-0.05, 0) is 11.6 Å². The van der Waals surface area contributed by atoms with Crippen LogP contribution in [0.5, 0.6) is 11.5 Å². The summed E-state index contributed by atoms with van der Waals surface area (Å²) < 4.78 is 15.6. The summed E-state index contributed by atoms with van der Waals surface area (Å²) >= 11 is 1.30. The molecule has 0 radical (unpaired) electrons. The Balaban J connectivity index is 2.15. The molecule has 0 fully saturated rings. The smallest absolute Gasteiger partial charge is 0.323 e. The van der Waals surface area contributed by atoms with Gasteiger partial charge in [-0.25, -0.2) is 0 Å². The maximum absolute atomic E-state index is 11.5. The molecule has 28 heavy (non-hydrogen) atoms. The molecule has 0 heterocycles. The summed E-state index contributed by atoms with van der Waals surface area (Å²) in [6.07, 6.45) is 0. The van der Waals surface area contributed by atoms with Gasteiger partial charge in [0.25, 0.3) is 5.69 Å². The first-order valence-electron chi connectivity index (χ1n) is 8.39. The van der Waals surface area contributed by atoms with E-state index in [0.29, 0.717) is 11.3 Å². The Morgan fingerprint density at radius 1 is 1.21 bits per heavy atom. The molecule has 9 heteroatoms. The second-order valence-corrected chi connectivity index (χ2v) is 6.84. The molecule has 0 spiro atoms. The quantitative estimate of drug-likeness (QED) is 0.364. The van der Waals surface area contributed by atoms with Crippen molar-refractivity contribution in [3.8, 4) is 11.5 Å². The first kappa shape index (κ1) is 21.5. The molecule has 0 aliphatic carbocycles. The van der Waals surface area contributed by atoms with E-state index in [-0.39, 0.29) is 29.5 Å². The lowest BCUT2D eigenvalue weighted by Gasteiger charge is -2.13. The normalized spacial score (nSPS) is 11.5. The number of nitrogens with zero attached hydrogens (tertiary/aromatic N) is 1. The van der Waals surface area contributed by atoms with Gasteiger partial charge in [-0.1, -0.05) is 30.3 Å². The van der Waals surface area contributed by atoms with Crippen LogP contribution >= 0.6 is 11.8 Å². The van der Waals surface area contributed by atoms with Crippen molar-refractivity contribution in [1.82, 2.24) is 0 Å². The average molecular weight is 406 g/mol. The molecule has 150 valence electrons. The molecule has 1 unspecified atom stereocenters. The van der Waals surface area contributed by atoms with Crippen molar-refractivity contribution in [1.29, 1.82) is 0 Å². The molecule has 0 amide bonds. The highest BCUT2D eigenvalue weighted by atomic mass is 32.2. The Morgan fingerprint density at radius 2 is 1.93 bits per heavy atom.